The van der Waals surface area contributed by atoms with Gasteiger partial charge in [0, 0.05) is 19.1 Å². The first-order chi connectivity index (χ1) is 7.79. The van der Waals surface area contributed by atoms with Crippen LogP contribution in [-0.2, 0) is 0 Å². The van der Waals surface area contributed by atoms with Crippen LogP contribution in [0.4, 0.5) is 0 Å². The monoisotopic (exact) mass is 224 g/mol. The largest absolute Gasteiger partial charge is 0.313 e. The summed E-state index contributed by atoms with van der Waals surface area (Å²) < 4.78 is 0. The number of rotatable bonds is 5. The molecule has 2 atom stereocenters. The second kappa shape index (κ2) is 6.02. The lowest BCUT2D eigenvalue weighted by Crippen LogP contribution is -2.39. The van der Waals surface area contributed by atoms with E-state index in [-0.39, 0.29) is 0 Å². The molecule has 0 amide bonds. The van der Waals surface area contributed by atoms with Crippen LogP contribution in [0.15, 0.2) is 0 Å². The summed E-state index contributed by atoms with van der Waals surface area (Å²) in [5, 5.41) is 3.69. The predicted octanol–water partition coefficient (Wildman–Crippen LogP) is 2.50. The van der Waals surface area contributed by atoms with E-state index in [1.807, 2.05) is 0 Å². The van der Waals surface area contributed by atoms with Crippen LogP contribution in [0.3, 0.4) is 0 Å². The molecule has 1 saturated heterocycles. The van der Waals surface area contributed by atoms with Gasteiger partial charge in [-0.15, -0.1) is 0 Å². The molecule has 1 aliphatic carbocycles. The van der Waals surface area contributed by atoms with Crippen molar-refractivity contribution >= 4 is 0 Å². The van der Waals surface area contributed by atoms with Crippen LogP contribution in [0, 0.1) is 11.8 Å². The highest BCUT2D eigenvalue weighted by molar-refractivity contribution is 4.83. The molecule has 1 heterocycles. The fourth-order valence-corrected chi connectivity index (χ4v) is 3.01. The van der Waals surface area contributed by atoms with Crippen LogP contribution in [0.2, 0.25) is 0 Å². The molecule has 1 saturated carbocycles. The molecule has 2 aliphatic rings. The SMILES string of the molecule is CCCC1CN(CC(C)C2CC2)CCCN1. The normalized spacial score (nSPS) is 30.0. The van der Waals surface area contributed by atoms with Gasteiger partial charge >= 0.3 is 0 Å². The zero-order chi connectivity index (χ0) is 11.4. The third kappa shape index (κ3) is 3.74. The summed E-state index contributed by atoms with van der Waals surface area (Å²) in [5.74, 6) is 1.99. The smallest absolute Gasteiger partial charge is 0.0194 e. The fraction of sp³-hybridized carbons (Fsp3) is 1.00. The van der Waals surface area contributed by atoms with Crippen molar-refractivity contribution in [2.24, 2.45) is 11.8 Å². The quantitative estimate of drug-likeness (QED) is 0.772. The standard InChI is InChI=1S/C14H28N2/c1-3-5-14-11-16(9-4-8-15-14)10-12(2)13-6-7-13/h12-15H,3-11H2,1-2H3. The van der Waals surface area contributed by atoms with Gasteiger partial charge in [0.15, 0.2) is 0 Å². The zero-order valence-electron chi connectivity index (χ0n) is 11.0. The van der Waals surface area contributed by atoms with Crippen molar-refractivity contribution in [2.75, 3.05) is 26.2 Å². The Morgan fingerprint density at radius 2 is 2.19 bits per heavy atom. The Bertz CT molecular complexity index is 201. The highest BCUT2D eigenvalue weighted by Crippen LogP contribution is 2.36. The van der Waals surface area contributed by atoms with Crippen LogP contribution in [0.5, 0.6) is 0 Å². The Kier molecular flexibility index (Phi) is 4.66. The molecule has 94 valence electrons. The average Bonchev–Trinajstić information content (AvgIpc) is 3.04. The van der Waals surface area contributed by atoms with E-state index in [0.29, 0.717) is 0 Å². The van der Waals surface area contributed by atoms with Gasteiger partial charge in [-0.3, -0.25) is 0 Å². The predicted molar refractivity (Wildman–Crippen MR) is 69.6 cm³/mol. The van der Waals surface area contributed by atoms with Crippen LogP contribution in [0.25, 0.3) is 0 Å². The van der Waals surface area contributed by atoms with Crippen molar-refractivity contribution in [3.63, 3.8) is 0 Å². The Balaban J connectivity index is 1.77. The second-order valence-corrected chi connectivity index (χ2v) is 5.87. The van der Waals surface area contributed by atoms with Gasteiger partial charge < -0.3 is 10.2 Å². The van der Waals surface area contributed by atoms with Gasteiger partial charge in [0.05, 0.1) is 0 Å². The highest BCUT2D eigenvalue weighted by Gasteiger charge is 2.29. The molecule has 2 rings (SSSR count). The van der Waals surface area contributed by atoms with E-state index in [0.717, 1.165) is 17.9 Å². The summed E-state index contributed by atoms with van der Waals surface area (Å²) in [5.41, 5.74) is 0. The lowest BCUT2D eigenvalue weighted by atomic mass is 10.1. The maximum absolute atomic E-state index is 3.69. The molecule has 0 aromatic heterocycles. The van der Waals surface area contributed by atoms with E-state index in [1.165, 1.54) is 58.3 Å². The molecule has 2 heteroatoms. The van der Waals surface area contributed by atoms with Crippen LogP contribution in [0.1, 0.15) is 46.0 Å². The van der Waals surface area contributed by atoms with Gasteiger partial charge in [-0.2, -0.15) is 0 Å². The second-order valence-electron chi connectivity index (χ2n) is 5.87. The van der Waals surface area contributed by atoms with E-state index in [2.05, 4.69) is 24.1 Å². The molecule has 2 unspecified atom stereocenters. The summed E-state index contributed by atoms with van der Waals surface area (Å²) in [6.45, 7) is 9.90. The fourth-order valence-electron chi connectivity index (χ4n) is 3.01. The third-order valence-corrected chi connectivity index (χ3v) is 4.17. The molecule has 2 nitrogen and oxygen atoms in total. The van der Waals surface area contributed by atoms with Gasteiger partial charge in [0.25, 0.3) is 0 Å². The van der Waals surface area contributed by atoms with Crippen LogP contribution in [-0.4, -0.2) is 37.1 Å². The zero-order valence-corrected chi connectivity index (χ0v) is 11.0. The first kappa shape index (κ1) is 12.4. The Hall–Kier alpha value is -0.0800. The molecule has 0 aromatic rings. The lowest BCUT2D eigenvalue weighted by Gasteiger charge is -2.27. The third-order valence-electron chi connectivity index (χ3n) is 4.17. The molecular weight excluding hydrogens is 196 g/mol. The van der Waals surface area contributed by atoms with Crippen molar-refractivity contribution in [1.82, 2.24) is 10.2 Å². The van der Waals surface area contributed by atoms with E-state index in [9.17, 15) is 0 Å². The number of hydrogen-bond acceptors (Lipinski definition) is 2. The van der Waals surface area contributed by atoms with Gasteiger partial charge in [-0.25, -0.2) is 0 Å². The number of hydrogen-bond donors (Lipinski definition) is 1. The van der Waals surface area contributed by atoms with Crippen molar-refractivity contribution in [2.45, 2.75) is 52.0 Å². The van der Waals surface area contributed by atoms with Crippen molar-refractivity contribution in [1.29, 1.82) is 0 Å². The Morgan fingerprint density at radius 3 is 2.88 bits per heavy atom. The van der Waals surface area contributed by atoms with E-state index < -0.39 is 0 Å². The summed E-state index contributed by atoms with van der Waals surface area (Å²) in [7, 11) is 0. The minimum Gasteiger partial charge on any atom is -0.313 e. The van der Waals surface area contributed by atoms with E-state index >= 15 is 0 Å². The minimum absolute atomic E-state index is 0.749. The maximum atomic E-state index is 3.69. The van der Waals surface area contributed by atoms with Crippen molar-refractivity contribution in [3.05, 3.63) is 0 Å². The molecule has 16 heavy (non-hydrogen) atoms. The molecule has 1 aliphatic heterocycles. The maximum Gasteiger partial charge on any atom is 0.0194 e. The molecule has 0 spiro atoms. The van der Waals surface area contributed by atoms with Crippen LogP contribution < -0.4 is 5.32 Å². The summed E-state index contributed by atoms with van der Waals surface area (Å²) in [6, 6.07) is 0.749. The minimum atomic E-state index is 0.749. The molecule has 2 fully saturated rings. The average molecular weight is 224 g/mol. The van der Waals surface area contributed by atoms with E-state index in [4.69, 9.17) is 0 Å². The van der Waals surface area contributed by atoms with Gasteiger partial charge in [-0.05, 0) is 50.6 Å². The first-order valence-electron chi connectivity index (χ1n) is 7.25. The first-order valence-corrected chi connectivity index (χ1v) is 7.25. The highest BCUT2D eigenvalue weighted by atomic mass is 15.2. The van der Waals surface area contributed by atoms with Crippen LogP contribution >= 0.6 is 0 Å². The van der Waals surface area contributed by atoms with Gasteiger partial charge in [-0.1, -0.05) is 20.3 Å². The van der Waals surface area contributed by atoms with E-state index in [1.54, 1.807) is 0 Å². The number of nitrogens with zero attached hydrogens (tertiary/aromatic N) is 1. The summed E-state index contributed by atoms with van der Waals surface area (Å²) in [6.07, 6.45) is 6.97. The van der Waals surface area contributed by atoms with Crippen molar-refractivity contribution in [3.8, 4) is 0 Å². The van der Waals surface area contributed by atoms with Crippen molar-refractivity contribution < 1.29 is 0 Å². The summed E-state index contributed by atoms with van der Waals surface area (Å²) >= 11 is 0. The molecule has 0 aromatic carbocycles. The molecule has 1 N–H and O–H groups in total. The van der Waals surface area contributed by atoms with Gasteiger partial charge in [0.1, 0.15) is 0 Å². The Morgan fingerprint density at radius 1 is 1.38 bits per heavy atom. The molecular formula is C14H28N2. The molecule has 0 radical (unpaired) electrons. The summed E-state index contributed by atoms with van der Waals surface area (Å²) in [4.78, 5) is 2.71. The Labute approximate surface area is 101 Å². The number of nitrogens with one attached hydrogen (secondary N) is 1. The topological polar surface area (TPSA) is 15.3 Å². The lowest BCUT2D eigenvalue weighted by molar-refractivity contribution is 0.219. The molecule has 0 bridgehead atoms. The van der Waals surface area contributed by atoms with Gasteiger partial charge in [0.2, 0.25) is 0 Å².